The normalized spacial score (nSPS) is 20.0. The van der Waals surface area contributed by atoms with Crippen molar-refractivity contribution in [1.29, 1.82) is 0 Å². The highest BCUT2D eigenvalue weighted by molar-refractivity contribution is 5.89. The molecule has 1 saturated heterocycles. The van der Waals surface area contributed by atoms with Crippen molar-refractivity contribution >= 4 is 18.2 Å². The van der Waals surface area contributed by atoms with E-state index in [0.717, 1.165) is 5.56 Å². The van der Waals surface area contributed by atoms with Gasteiger partial charge < -0.3 is 19.4 Å². The van der Waals surface area contributed by atoms with E-state index < -0.39 is 30.1 Å². The second kappa shape index (κ2) is 9.66. The van der Waals surface area contributed by atoms with Gasteiger partial charge in [0.1, 0.15) is 19.3 Å². The van der Waals surface area contributed by atoms with Gasteiger partial charge in [0.05, 0.1) is 24.3 Å². The first-order valence-corrected chi connectivity index (χ1v) is 8.92. The number of carbonyl (C=O) groups is 2. The van der Waals surface area contributed by atoms with Crippen LogP contribution in [-0.4, -0.2) is 42.1 Å². The number of oxime groups is 1. The fourth-order valence-electron chi connectivity index (χ4n) is 2.82. The van der Waals surface area contributed by atoms with Crippen molar-refractivity contribution in [2.45, 2.75) is 25.2 Å². The fraction of sp³-hybridized carbons (Fsp3) is 0.286. The summed E-state index contributed by atoms with van der Waals surface area (Å²) in [5.41, 5.74) is 1.34. The lowest BCUT2D eigenvalue weighted by atomic mass is 9.96. The zero-order chi connectivity index (χ0) is 19.8. The minimum absolute atomic E-state index is 0.0133. The molecule has 2 aromatic carbocycles. The lowest BCUT2D eigenvalue weighted by Crippen LogP contribution is -2.33. The molecule has 1 aliphatic heterocycles. The Morgan fingerprint density at radius 1 is 1.18 bits per heavy atom. The second-order valence-corrected chi connectivity index (χ2v) is 6.37. The molecule has 1 aliphatic rings. The van der Waals surface area contributed by atoms with Gasteiger partial charge in [0.25, 0.3) is 0 Å². The van der Waals surface area contributed by atoms with Gasteiger partial charge in [0.15, 0.2) is 0 Å². The van der Waals surface area contributed by atoms with Gasteiger partial charge in [-0.3, -0.25) is 4.79 Å². The summed E-state index contributed by atoms with van der Waals surface area (Å²) in [4.78, 5) is 28.8. The fourth-order valence-corrected chi connectivity index (χ4v) is 2.82. The lowest BCUT2D eigenvalue weighted by Gasteiger charge is -2.19. The van der Waals surface area contributed by atoms with Gasteiger partial charge >= 0.3 is 11.9 Å². The minimum Gasteiger partial charge on any atom is -0.459 e. The zero-order valence-electron chi connectivity index (χ0n) is 15.1. The second-order valence-electron chi connectivity index (χ2n) is 6.37. The van der Waals surface area contributed by atoms with Crippen LogP contribution in [0.5, 0.6) is 0 Å². The molecule has 7 heteroatoms. The third kappa shape index (κ3) is 5.40. The highest BCUT2D eigenvalue weighted by atomic mass is 16.6. The molecule has 3 rings (SSSR count). The van der Waals surface area contributed by atoms with Crippen molar-refractivity contribution in [2.24, 2.45) is 11.1 Å². The average molecular weight is 383 g/mol. The Balaban J connectivity index is 1.50. The molecule has 7 nitrogen and oxygen atoms in total. The molecule has 0 bridgehead atoms. The van der Waals surface area contributed by atoms with E-state index in [9.17, 15) is 14.7 Å². The van der Waals surface area contributed by atoms with Crippen molar-refractivity contribution < 1.29 is 29.0 Å². The first kappa shape index (κ1) is 19.6. The summed E-state index contributed by atoms with van der Waals surface area (Å²) in [5, 5.41) is 14.2. The molecular formula is C21H21NO6. The number of cyclic esters (lactones) is 1. The van der Waals surface area contributed by atoms with Crippen molar-refractivity contribution in [2.75, 3.05) is 6.61 Å². The first-order chi connectivity index (χ1) is 13.6. The summed E-state index contributed by atoms with van der Waals surface area (Å²) >= 11 is 0. The number of carbonyl (C=O) groups excluding carboxylic acids is 2. The molecule has 0 amide bonds. The van der Waals surface area contributed by atoms with Gasteiger partial charge in [-0.1, -0.05) is 53.7 Å². The van der Waals surface area contributed by atoms with Gasteiger partial charge in [0, 0.05) is 5.92 Å². The van der Waals surface area contributed by atoms with Crippen LogP contribution in [0.25, 0.3) is 0 Å². The molecule has 0 aromatic heterocycles. The summed E-state index contributed by atoms with van der Waals surface area (Å²) in [6, 6.07) is 18.0. The van der Waals surface area contributed by atoms with Crippen LogP contribution in [-0.2, 0) is 25.7 Å². The molecule has 1 heterocycles. The molecule has 0 unspecified atom stereocenters. The molecule has 0 aliphatic carbocycles. The molecule has 1 fully saturated rings. The van der Waals surface area contributed by atoms with Crippen molar-refractivity contribution in [1.82, 2.24) is 0 Å². The summed E-state index contributed by atoms with van der Waals surface area (Å²) < 4.78 is 10.3. The smallest absolute Gasteiger partial charge is 0.338 e. The van der Waals surface area contributed by atoms with Crippen LogP contribution in [0.4, 0.5) is 0 Å². The molecule has 0 saturated carbocycles. The Labute approximate surface area is 162 Å². The summed E-state index contributed by atoms with van der Waals surface area (Å²) in [5.74, 6) is -1.56. The third-order valence-corrected chi connectivity index (χ3v) is 4.34. The number of benzene rings is 2. The van der Waals surface area contributed by atoms with Crippen LogP contribution in [0.3, 0.4) is 0 Å². The van der Waals surface area contributed by atoms with Gasteiger partial charge in [-0.2, -0.15) is 0 Å². The van der Waals surface area contributed by atoms with E-state index in [4.69, 9.17) is 14.3 Å². The maximum atomic E-state index is 12.0. The largest absolute Gasteiger partial charge is 0.459 e. The number of aliphatic hydroxyl groups is 1. The summed E-state index contributed by atoms with van der Waals surface area (Å²) in [6.07, 6.45) is -0.446. The predicted molar refractivity (Wildman–Crippen MR) is 100 cm³/mol. The molecular weight excluding hydrogens is 362 g/mol. The van der Waals surface area contributed by atoms with E-state index in [0.29, 0.717) is 5.56 Å². The quantitative estimate of drug-likeness (QED) is 0.427. The molecule has 3 atom stereocenters. The number of hydrogen-bond donors (Lipinski definition) is 1. The Morgan fingerprint density at radius 2 is 1.86 bits per heavy atom. The lowest BCUT2D eigenvalue weighted by molar-refractivity contribution is -0.139. The summed E-state index contributed by atoms with van der Waals surface area (Å²) in [7, 11) is 0. The standard InChI is InChI=1S/C21H21NO6/c23-18(14-26-21(25)16-9-5-2-6-10-16)17-11-20(24)28-19(17)12-22-27-13-15-7-3-1-4-8-15/h1-10,12,17-19,23H,11,13-14H2/b22-12+/t17-,18+,19+/m1/s1. The zero-order valence-corrected chi connectivity index (χ0v) is 15.1. The average Bonchev–Trinajstić information content (AvgIpc) is 3.11. The third-order valence-electron chi connectivity index (χ3n) is 4.34. The minimum atomic E-state index is -1.07. The molecule has 28 heavy (non-hydrogen) atoms. The topological polar surface area (TPSA) is 94.4 Å². The van der Waals surface area contributed by atoms with Crippen LogP contribution in [0.15, 0.2) is 65.8 Å². The number of esters is 2. The highest BCUT2D eigenvalue weighted by Gasteiger charge is 2.39. The summed E-state index contributed by atoms with van der Waals surface area (Å²) in [6.45, 7) is 0.0319. The van der Waals surface area contributed by atoms with Gasteiger partial charge in [0.2, 0.25) is 0 Å². The van der Waals surface area contributed by atoms with Crippen LogP contribution < -0.4 is 0 Å². The van der Waals surface area contributed by atoms with E-state index in [1.54, 1.807) is 30.3 Å². The van der Waals surface area contributed by atoms with E-state index in [1.807, 2.05) is 30.3 Å². The van der Waals surface area contributed by atoms with E-state index >= 15 is 0 Å². The van der Waals surface area contributed by atoms with Crippen LogP contribution in [0, 0.1) is 5.92 Å². The van der Waals surface area contributed by atoms with Crippen LogP contribution >= 0.6 is 0 Å². The van der Waals surface area contributed by atoms with Crippen LogP contribution in [0.2, 0.25) is 0 Å². The molecule has 0 spiro atoms. The van der Waals surface area contributed by atoms with Crippen LogP contribution in [0.1, 0.15) is 22.3 Å². The van der Waals surface area contributed by atoms with E-state index in [2.05, 4.69) is 5.16 Å². The Bertz CT molecular complexity index is 808. The van der Waals surface area contributed by atoms with Crippen molar-refractivity contribution in [3.63, 3.8) is 0 Å². The number of ether oxygens (including phenoxy) is 2. The SMILES string of the molecule is O=C1C[C@H]([C@@H](O)COC(=O)c2ccccc2)[C@H](/C=N/OCc2ccccc2)O1. The van der Waals surface area contributed by atoms with E-state index in [-0.39, 0.29) is 19.6 Å². The molecule has 1 N–H and O–H groups in total. The molecule has 0 radical (unpaired) electrons. The first-order valence-electron chi connectivity index (χ1n) is 8.92. The Kier molecular flexibility index (Phi) is 6.75. The number of nitrogens with zero attached hydrogens (tertiary/aromatic N) is 1. The van der Waals surface area contributed by atoms with Crippen molar-refractivity contribution in [3.05, 3.63) is 71.8 Å². The van der Waals surface area contributed by atoms with Gasteiger partial charge in [-0.05, 0) is 17.7 Å². The number of aliphatic hydroxyl groups excluding tert-OH is 1. The maximum absolute atomic E-state index is 12.0. The molecule has 2 aromatic rings. The maximum Gasteiger partial charge on any atom is 0.338 e. The van der Waals surface area contributed by atoms with Gasteiger partial charge in [-0.25, -0.2) is 4.79 Å². The highest BCUT2D eigenvalue weighted by Crippen LogP contribution is 2.25. The Hall–Kier alpha value is -3.19. The monoisotopic (exact) mass is 383 g/mol. The number of hydrogen-bond acceptors (Lipinski definition) is 7. The van der Waals surface area contributed by atoms with E-state index in [1.165, 1.54) is 6.21 Å². The number of rotatable bonds is 8. The van der Waals surface area contributed by atoms with Crippen molar-refractivity contribution in [3.8, 4) is 0 Å². The predicted octanol–water partition coefficient (Wildman–Crippen LogP) is 2.34. The van der Waals surface area contributed by atoms with Gasteiger partial charge in [-0.15, -0.1) is 0 Å². The Morgan fingerprint density at radius 3 is 2.57 bits per heavy atom. The molecule has 146 valence electrons.